The molecule has 5 heteroatoms. The molecule has 0 saturated carbocycles. The van der Waals surface area contributed by atoms with E-state index in [1.165, 1.54) is 5.06 Å². The van der Waals surface area contributed by atoms with Crippen molar-refractivity contribution in [1.82, 2.24) is 5.06 Å². The number of hydrogen-bond donors (Lipinski definition) is 1. The lowest BCUT2D eigenvalue weighted by Gasteiger charge is -2.29. The normalized spacial score (nSPS) is 15.2. The Morgan fingerprint density at radius 3 is 2.38 bits per heavy atom. The minimum Gasteiger partial charge on any atom is -0.370 e. The van der Waals surface area contributed by atoms with Gasteiger partial charge >= 0.3 is 0 Å². The Bertz CT molecular complexity index is 202. The summed E-state index contributed by atoms with van der Waals surface area (Å²) in [5.74, 6) is -0.316. The van der Waals surface area contributed by atoms with E-state index in [-0.39, 0.29) is 11.8 Å². The Balaban J connectivity index is 1.98. The van der Waals surface area contributed by atoms with Gasteiger partial charge in [0, 0.05) is 12.8 Å². The summed E-state index contributed by atoms with van der Waals surface area (Å²) in [6.45, 7) is 1.32. The summed E-state index contributed by atoms with van der Waals surface area (Å²) >= 11 is 0. The zero-order valence-electron chi connectivity index (χ0n) is 7.49. The van der Waals surface area contributed by atoms with Gasteiger partial charge in [0.15, 0.2) is 0 Å². The molecule has 0 aromatic carbocycles. The average Bonchev–Trinajstić information content (AvgIpc) is 1.94. The molecule has 13 heavy (non-hydrogen) atoms. The molecule has 0 bridgehead atoms. The van der Waals surface area contributed by atoms with Gasteiger partial charge in [0.25, 0.3) is 0 Å². The van der Waals surface area contributed by atoms with Gasteiger partial charge in [0.2, 0.25) is 11.8 Å². The Morgan fingerprint density at radius 1 is 1.31 bits per heavy atom. The molecule has 0 spiro atoms. The summed E-state index contributed by atoms with van der Waals surface area (Å²) < 4.78 is 0. The van der Waals surface area contributed by atoms with E-state index in [2.05, 4.69) is 0 Å². The van der Waals surface area contributed by atoms with E-state index >= 15 is 0 Å². The predicted octanol–water partition coefficient (Wildman–Crippen LogP) is -0.194. The molecule has 0 aliphatic carbocycles. The third-order valence-corrected chi connectivity index (χ3v) is 1.88. The minimum absolute atomic E-state index is 0.00396. The van der Waals surface area contributed by atoms with Crippen LogP contribution in [-0.2, 0) is 14.4 Å². The Kier molecular flexibility index (Phi) is 3.70. The number of rotatable bonds is 5. The molecule has 0 atom stereocenters. The highest BCUT2D eigenvalue weighted by molar-refractivity contribution is 5.76. The maximum atomic E-state index is 11.2. The molecule has 5 nitrogen and oxygen atoms in total. The molecule has 1 heterocycles. The van der Waals surface area contributed by atoms with E-state index in [1.54, 1.807) is 0 Å². The summed E-state index contributed by atoms with van der Waals surface area (Å²) in [5.41, 5.74) is 4.95. The Labute approximate surface area is 76.8 Å². The molecule has 1 fully saturated rings. The zero-order chi connectivity index (χ0) is 9.68. The van der Waals surface area contributed by atoms with Crippen LogP contribution in [0.1, 0.15) is 25.7 Å². The molecule has 0 aromatic rings. The molecule has 2 N–H and O–H groups in total. The molecule has 0 unspecified atom stereocenters. The van der Waals surface area contributed by atoms with Gasteiger partial charge in [-0.2, -0.15) is 0 Å². The first kappa shape index (κ1) is 9.98. The van der Waals surface area contributed by atoms with Crippen molar-refractivity contribution in [3.63, 3.8) is 0 Å². The SMILES string of the molecule is NC(=O)CCCCC(=O)N1CCO1. The zero-order valence-corrected chi connectivity index (χ0v) is 7.49. The maximum absolute atomic E-state index is 11.2. The van der Waals surface area contributed by atoms with Crippen LogP contribution in [0.25, 0.3) is 0 Å². The highest BCUT2D eigenvalue weighted by Gasteiger charge is 2.20. The monoisotopic (exact) mass is 186 g/mol. The van der Waals surface area contributed by atoms with Crippen molar-refractivity contribution in [2.45, 2.75) is 25.7 Å². The molecule has 2 amide bonds. The Hall–Kier alpha value is -1.10. The number of hydroxylamine groups is 2. The number of carbonyl (C=O) groups is 2. The molecule has 0 aromatic heterocycles. The number of amides is 2. The Morgan fingerprint density at radius 2 is 1.92 bits per heavy atom. The topological polar surface area (TPSA) is 72.6 Å². The number of primary amides is 1. The smallest absolute Gasteiger partial charge is 0.246 e. The van der Waals surface area contributed by atoms with Crippen LogP contribution < -0.4 is 5.73 Å². The first-order valence-corrected chi connectivity index (χ1v) is 4.42. The third-order valence-electron chi connectivity index (χ3n) is 1.88. The second kappa shape index (κ2) is 4.81. The van der Waals surface area contributed by atoms with E-state index in [0.29, 0.717) is 38.8 Å². The van der Waals surface area contributed by atoms with E-state index in [9.17, 15) is 9.59 Å². The number of nitrogens with two attached hydrogens (primary N) is 1. The number of unbranched alkanes of at least 4 members (excludes halogenated alkanes) is 1. The lowest BCUT2D eigenvalue weighted by atomic mass is 10.2. The van der Waals surface area contributed by atoms with Crippen LogP contribution in [0.15, 0.2) is 0 Å². The van der Waals surface area contributed by atoms with Crippen LogP contribution in [0.2, 0.25) is 0 Å². The fourth-order valence-corrected chi connectivity index (χ4v) is 1.08. The lowest BCUT2D eigenvalue weighted by molar-refractivity contribution is -0.239. The van der Waals surface area contributed by atoms with Crippen LogP contribution in [0.3, 0.4) is 0 Å². The number of carbonyl (C=O) groups excluding carboxylic acids is 2. The number of hydrogen-bond acceptors (Lipinski definition) is 3. The van der Waals surface area contributed by atoms with E-state index in [0.717, 1.165) is 0 Å². The molecule has 0 radical (unpaired) electrons. The molecule has 74 valence electrons. The van der Waals surface area contributed by atoms with Gasteiger partial charge < -0.3 is 5.73 Å². The second-order valence-corrected chi connectivity index (χ2v) is 3.00. The first-order valence-electron chi connectivity index (χ1n) is 4.42. The maximum Gasteiger partial charge on any atom is 0.246 e. The summed E-state index contributed by atoms with van der Waals surface area (Å²) in [6, 6.07) is 0. The van der Waals surface area contributed by atoms with Crippen molar-refractivity contribution in [3.05, 3.63) is 0 Å². The lowest BCUT2D eigenvalue weighted by Crippen LogP contribution is -2.43. The summed E-state index contributed by atoms with van der Waals surface area (Å²) in [7, 11) is 0. The summed E-state index contributed by atoms with van der Waals surface area (Å²) in [4.78, 5) is 26.4. The molecular weight excluding hydrogens is 172 g/mol. The van der Waals surface area contributed by atoms with Crippen molar-refractivity contribution in [2.24, 2.45) is 5.73 Å². The fraction of sp³-hybridized carbons (Fsp3) is 0.750. The highest BCUT2D eigenvalue weighted by Crippen LogP contribution is 2.08. The van der Waals surface area contributed by atoms with E-state index in [4.69, 9.17) is 10.6 Å². The molecular formula is C8H14N2O3. The van der Waals surface area contributed by atoms with Crippen LogP contribution in [0.4, 0.5) is 0 Å². The van der Waals surface area contributed by atoms with Gasteiger partial charge in [-0.3, -0.25) is 14.4 Å². The van der Waals surface area contributed by atoms with Crippen molar-refractivity contribution in [1.29, 1.82) is 0 Å². The molecule has 1 rings (SSSR count). The summed E-state index contributed by atoms with van der Waals surface area (Å²) in [6.07, 6.45) is 2.16. The predicted molar refractivity (Wildman–Crippen MR) is 45.3 cm³/mol. The molecule has 1 aliphatic rings. The van der Waals surface area contributed by atoms with Gasteiger partial charge in [-0.05, 0) is 12.8 Å². The van der Waals surface area contributed by atoms with E-state index in [1.807, 2.05) is 0 Å². The number of nitrogens with zero attached hydrogens (tertiary/aromatic N) is 1. The van der Waals surface area contributed by atoms with Gasteiger partial charge in [-0.15, -0.1) is 0 Å². The molecule has 1 aliphatic heterocycles. The van der Waals surface area contributed by atoms with Gasteiger partial charge in [-0.1, -0.05) is 0 Å². The van der Waals surface area contributed by atoms with Gasteiger partial charge in [-0.25, -0.2) is 5.06 Å². The van der Waals surface area contributed by atoms with Gasteiger partial charge in [0.05, 0.1) is 13.2 Å². The highest BCUT2D eigenvalue weighted by atomic mass is 16.7. The van der Waals surface area contributed by atoms with Crippen molar-refractivity contribution in [2.75, 3.05) is 13.2 Å². The van der Waals surface area contributed by atoms with Crippen molar-refractivity contribution in [3.8, 4) is 0 Å². The third kappa shape index (κ3) is 3.42. The van der Waals surface area contributed by atoms with Crippen LogP contribution in [0.5, 0.6) is 0 Å². The average molecular weight is 186 g/mol. The van der Waals surface area contributed by atoms with Crippen molar-refractivity contribution >= 4 is 11.8 Å². The van der Waals surface area contributed by atoms with Crippen LogP contribution >= 0.6 is 0 Å². The second-order valence-electron chi connectivity index (χ2n) is 3.00. The fourth-order valence-electron chi connectivity index (χ4n) is 1.08. The van der Waals surface area contributed by atoms with Crippen LogP contribution in [0, 0.1) is 0 Å². The summed E-state index contributed by atoms with van der Waals surface area (Å²) in [5, 5.41) is 1.35. The molecule has 1 saturated heterocycles. The quantitative estimate of drug-likeness (QED) is 0.604. The first-order chi connectivity index (χ1) is 6.20. The van der Waals surface area contributed by atoms with Crippen LogP contribution in [-0.4, -0.2) is 30.0 Å². The van der Waals surface area contributed by atoms with E-state index < -0.39 is 0 Å². The standard InChI is InChI=1S/C8H14N2O3/c9-7(11)3-1-2-4-8(12)10-5-6-13-10/h1-6H2,(H2,9,11). The largest absolute Gasteiger partial charge is 0.370 e. The van der Waals surface area contributed by atoms with Crippen molar-refractivity contribution < 1.29 is 14.4 Å². The minimum atomic E-state index is -0.312. The van der Waals surface area contributed by atoms with Gasteiger partial charge in [0.1, 0.15) is 0 Å².